The van der Waals surface area contributed by atoms with Gasteiger partial charge >= 0.3 is 0 Å². The maximum absolute atomic E-state index is 15.0. The minimum Gasteiger partial charge on any atom is -0.368 e. The smallest absolute Gasteiger partial charge is 0.243 e. The summed E-state index contributed by atoms with van der Waals surface area (Å²) >= 11 is 0. The number of quaternary nitrogens is 1. The maximum Gasteiger partial charge on any atom is 0.243 e. The van der Waals surface area contributed by atoms with Crippen molar-refractivity contribution in [2.75, 3.05) is 51.2 Å². The Kier molecular flexibility index (Phi) is 10.7. The van der Waals surface area contributed by atoms with Crippen LogP contribution in [0.3, 0.4) is 0 Å². The number of piperazine rings is 1. The number of likely N-dealkylation sites (N-methyl/N-ethyl adjacent to an activating group) is 1. The highest BCUT2D eigenvalue weighted by Gasteiger charge is 2.69. The zero-order valence-electron chi connectivity index (χ0n) is 30.7. The van der Waals surface area contributed by atoms with Crippen molar-refractivity contribution in [2.45, 2.75) is 63.6 Å². The third-order valence-corrected chi connectivity index (χ3v) is 10.4. The fourth-order valence-electron chi connectivity index (χ4n) is 7.66. The van der Waals surface area contributed by atoms with Gasteiger partial charge in [0.15, 0.2) is 0 Å². The monoisotopic (exact) mass is 692 g/mol. The molecule has 2 heterocycles. The minimum absolute atomic E-state index is 0.0108. The van der Waals surface area contributed by atoms with Crippen LogP contribution in [0.5, 0.6) is 0 Å². The largest absolute Gasteiger partial charge is 0.368 e. The second-order valence-electron chi connectivity index (χ2n) is 14.4. The molecule has 3 aromatic rings. The molecule has 4 atom stereocenters. The van der Waals surface area contributed by atoms with E-state index in [4.69, 9.17) is 0 Å². The van der Waals surface area contributed by atoms with E-state index in [0.29, 0.717) is 19.5 Å². The van der Waals surface area contributed by atoms with Gasteiger partial charge in [-0.25, -0.2) is 0 Å². The number of carbonyl (C=O) groups excluding carboxylic acids is 2. The van der Waals surface area contributed by atoms with Crippen molar-refractivity contribution in [1.82, 2.24) is 30.5 Å². The summed E-state index contributed by atoms with van der Waals surface area (Å²) in [7, 11) is 5.44. The molecule has 5 N–H and O–H groups in total. The van der Waals surface area contributed by atoms with Gasteiger partial charge in [-0.05, 0) is 49.1 Å². The Morgan fingerprint density at radius 3 is 2.55 bits per heavy atom. The number of nitrogens with two attached hydrogens (primary N) is 1. The van der Waals surface area contributed by atoms with Crippen LogP contribution in [-0.2, 0) is 29.1 Å². The molecule has 6 rings (SSSR count). The van der Waals surface area contributed by atoms with E-state index < -0.39 is 11.7 Å². The zero-order chi connectivity index (χ0) is 36.3. The molecule has 2 aliphatic heterocycles. The van der Waals surface area contributed by atoms with Crippen LogP contribution < -0.4 is 26.4 Å². The number of fused-ring (bicyclic) bond motifs is 2. The first-order valence-corrected chi connectivity index (χ1v) is 17.9. The highest BCUT2D eigenvalue weighted by atomic mass is 16.2. The van der Waals surface area contributed by atoms with Crippen LogP contribution in [0.4, 0.5) is 11.4 Å². The molecule has 2 unspecified atom stereocenters. The van der Waals surface area contributed by atoms with Crippen molar-refractivity contribution in [3.05, 3.63) is 120 Å². The van der Waals surface area contributed by atoms with Gasteiger partial charge in [-0.3, -0.25) is 24.9 Å². The number of aryl methyl sites for hydroxylation is 1. The fraction of sp³-hybridized carbons (Fsp3) is 0.400. The number of hydrogen-bond acceptors (Lipinski definition) is 8. The molecule has 1 saturated carbocycles. The Morgan fingerprint density at radius 2 is 1.84 bits per heavy atom. The summed E-state index contributed by atoms with van der Waals surface area (Å²) in [5.41, 5.74) is 9.17. The average molecular weight is 693 g/mol. The van der Waals surface area contributed by atoms with Crippen molar-refractivity contribution < 1.29 is 14.9 Å². The molecule has 3 aromatic carbocycles. The van der Waals surface area contributed by atoms with Crippen molar-refractivity contribution >= 4 is 23.2 Å². The second kappa shape index (κ2) is 15.2. The van der Waals surface area contributed by atoms with Crippen molar-refractivity contribution in [3.63, 3.8) is 0 Å². The lowest BCUT2D eigenvalue weighted by atomic mass is 9.96. The zero-order valence-corrected chi connectivity index (χ0v) is 30.7. The van der Waals surface area contributed by atoms with Crippen molar-refractivity contribution in [2.24, 2.45) is 0 Å². The van der Waals surface area contributed by atoms with Gasteiger partial charge in [-0.15, -0.1) is 5.12 Å². The number of carbonyl (C=O) groups is 2. The lowest BCUT2D eigenvalue weighted by molar-refractivity contribution is -0.650. The van der Waals surface area contributed by atoms with Crippen LogP contribution >= 0.6 is 0 Å². The molecule has 11 nitrogen and oxygen atoms in total. The lowest BCUT2D eigenvalue weighted by Crippen LogP contribution is -2.88. The Morgan fingerprint density at radius 1 is 1.10 bits per heavy atom. The molecule has 2 fully saturated rings. The third-order valence-electron chi connectivity index (χ3n) is 10.4. The van der Waals surface area contributed by atoms with E-state index in [1.165, 1.54) is 11.1 Å². The van der Waals surface area contributed by atoms with E-state index in [-0.39, 0.29) is 30.4 Å². The molecular weight excluding hydrogens is 639 g/mol. The molecule has 3 aliphatic rings. The molecule has 11 heteroatoms. The fourth-order valence-corrected chi connectivity index (χ4v) is 7.66. The van der Waals surface area contributed by atoms with Gasteiger partial charge in [0.05, 0.1) is 48.4 Å². The van der Waals surface area contributed by atoms with Gasteiger partial charge < -0.3 is 25.8 Å². The first-order chi connectivity index (χ1) is 24.5. The van der Waals surface area contributed by atoms with E-state index in [9.17, 15) is 4.79 Å². The normalized spacial score (nSPS) is 21.7. The molecule has 270 valence electrons. The molecule has 0 radical (unpaired) electrons. The van der Waals surface area contributed by atoms with Gasteiger partial charge in [0.1, 0.15) is 12.2 Å². The number of anilines is 2. The van der Waals surface area contributed by atoms with Crippen LogP contribution in [0.15, 0.2) is 97.9 Å². The predicted molar refractivity (Wildman–Crippen MR) is 203 cm³/mol. The number of hydrogen-bond donors (Lipinski definition) is 4. The van der Waals surface area contributed by atoms with E-state index in [1.807, 2.05) is 53.6 Å². The van der Waals surface area contributed by atoms with Crippen molar-refractivity contribution in [1.29, 1.82) is 0 Å². The number of nitrogens with zero attached hydrogens (tertiary/aromatic N) is 5. The number of amides is 2. The third kappa shape index (κ3) is 7.61. The molecule has 1 saturated heterocycles. The summed E-state index contributed by atoms with van der Waals surface area (Å²) < 4.78 is 0. The molecule has 0 spiro atoms. The Labute approximate surface area is 302 Å². The highest BCUT2D eigenvalue weighted by molar-refractivity contribution is 5.87. The topological polar surface area (TPSA) is 103 Å². The second-order valence-corrected chi connectivity index (χ2v) is 14.4. The first-order valence-electron chi connectivity index (χ1n) is 17.9. The Hall–Kier alpha value is -4.84. The summed E-state index contributed by atoms with van der Waals surface area (Å²) in [6.45, 7) is 15.5. The number of rotatable bonds is 16. The standard InChI is InChI=1S/C40H53N9O2/c1-8-21-41-24-29(3)49-35(22-31-19-17-28(2)18-20-31)39(51)47(36-23-40(36,49)43-30(4)42-25-32-13-10-9-11-14-32)26-33-15-12-16-34-38(33)48(46(7)44-34)27-37(50)45(5)6/h8-20,29,35-36,41-44H,1,4,21-27H2,2-3,5-7H3/p+1/t29?,35-,36+,40?/m0/s1. The first kappa shape index (κ1) is 36.0. The van der Waals surface area contributed by atoms with E-state index in [2.05, 4.69) is 101 Å². The number of nitrogens with one attached hydrogen (secondary N) is 3. The molecule has 0 aromatic heterocycles. The SMILES string of the molecule is C=CC[NH2+]CC(C)N1[C@@H](Cc2ccc(C)cc2)C(=O)N(Cc2cccc3c2N(CC(=O)N(C)C)N(C)N3)[C@@H]2CC21NC(=C)NCc1ccccc1. The molecule has 1 aliphatic carbocycles. The Bertz CT molecular complexity index is 1730. The molecule has 2 amide bonds. The molecule has 0 bridgehead atoms. The summed E-state index contributed by atoms with van der Waals surface area (Å²) in [5.74, 6) is 0.835. The van der Waals surface area contributed by atoms with Gasteiger partial charge in [0.2, 0.25) is 11.8 Å². The van der Waals surface area contributed by atoms with Gasteiger partial charge in [0, 0.05) is 40.7 Å². The van der Waals surface area contributed by atoms with E-state index >= 15 is 4.79 Å². The summed E-state index contributed by atoms with van der Waals surface area (Å²) in [6.07, 6.45) is 3.27. The lowest BCUT2D eigenvalue weighted by Gasteiger charge is -2.49. The average Bonchev–Trinajstić information content (AvgIpc) is 3.73. The van der Waals surface area contributed by atoms with Crippen molar-refractivity contribution in [3.8, 4) is 0 Å². The number of hydrazine groups is 2. The predicted octanol–water partition coefficient (Wildman–Crippen LogP) is 2.79. The maximum atomic E-state index is 15.0. The minimum atomic E-state index is -0.515. The van der Waals surface area contributed by atoms with Crippen LogP contribution in [-0.4, -0.2) is 96.2 Å². The highest BCUT2D eigenvalue weighted by Crippen LogP contribution is 2.51. The van der Waals surface area contributed by atoms with Gasteiger partial charge in [-0.2, -0.15) is 0 Å². The molecule has 51 heavy (non-hydrogen) atoms. The van der Waals surface area contributed by atoms with Crippen LogP contribution in [0.1, 0.15) is 35.6 Å². The number of para-hydroxylation sites is 1. The Balaban J connectivity index is 1.35. The number of benzene rings is 3. The molecular formula is C40H54N9O2+. The summed E-state index contributed by atoms with van der Waals surface area (Å²) in [4.78, 5) is 34.1. The van der Waals surface area contributed by atoms with Crippen LogP contribution in [0, 0.1) is 6.92 Å². The van der Waals surface area contributed by atoms with Crippen LogP contribution in [0.25, 0.3) is 0 Å². The van der Waals surface area contributed by atoms with Gasteiger partial charge in [-0.1, -0.05) is 85.5 Å². The quantitative estimate of drug-likeness (QED) is 0.134. The van der Waals surface area contributed by atoms with Gasteiger partial charge in [0.25, 0.3) is 0 Å². The summed E-state index contributed by atoms with van der Waals surface area (Å²) in [6, 6.07) is 24.5. The van der Waals surface area contributed by atoms with E-state index in [0.717, 1.165) is 47.8 Å². The van der Waals surface area contributed by atoms with E-state index in [1.54, 1.807) is 19.0 Å². The summed E-state index contributed by atoms with van der Waals surface area (Å²) in [5, 5.41) is 13.4. The van der Waals surface area contributed by atoms with Crippen LogP contribution in [0.2, 0.25) is 0 Å².